The van der Waals surface area contributed by atoms with Gasteiger partial charge in [0.25, 0.3) is 5.91 Å². The number of aromatic nitrogens is 1. The first-order valence-electron chi connectivity index (χ1n) is 6.93. The van der Waals surface area contributed by atoms with Gasteiger partial charge in [0.05, 0.1) is 11.6 Å². The normalized spacial score (nSPS) is 16.9. The van der Waals surface area contributed by atoms with Crippen molar-refractivity contribution in [3.8, 4) is 0 Å². The highest BCUT2D eigenvalue weighted by Crippen LogP contribution is 2.29. The number of rotatable bonds is 2. The fraction of sp³-hybridized carbons (Fsp3) is 0.250. The molecule has 1 saturated heterocycles. The number of piperazine rings is 1. The summed E-state index contributed by atoms with van der Waals surface area (Å²) < 4.78 is 0. The van der Waals surface area contributed by atoms with Gasteiger partial charge in [-0.1, -0.05) is 29.8 Å². The zero-order chi connectivity index (χ0) is 14.7. The molecule has 0 bridgehead atoms. The molecule has 23 heavy (non-hydrogen) atoms. The van der Waals surface area contributed by atoms with Crippen LogP contribution in [0.15, 0.2) is 48.8 Å². The molecule has 1 atom stereocenters. The number of halogens is 3. The summed E-state index contributed by atoms with van der Waals surface area (Å²) in [5.41, 5.74) is 1.58. The summed E-state index contributed by atoms with van der Waals surface area (Å²) >= 11 is 6.30. The number of carbonyl (C=O) groups is 1. The number of nitrogens with one attached hydrogen (secondary N) is 1. The molecule has 1 aromatic heterocycles. The van der Waals surface area contributed by atoms with E-state index < -0.39 is 0 Å². The van der Waals surface area contributed by atoms with Gasteiger partial charge in [0, 0.05) is 37.1 Å². The number of hydrogen-bond acceptors (Lipinski definition) is 3. The van der Waals surface area contributed by atoms with Gasteiger partial charge in [0.2, 0.25) is 0 Å². The summed E-state index contributed by atoms with van der Waals surface area (Å²) in [6.07, 6.45) is 3.27. The topological polar surface area (TPSA) is 45.2 Å². The second kappa shape index (κ2) is 9.08. The SMILES string of the molecule is Cl.Cl.O=C(c1cccnc1)N1CCNCC1c1ccccc1Cl. The van der Waals surface area contributed by atoms with Gasteiger partial charge in [-0.2, -0.15) is 0 Å². The van der Waals surface area contributed by atoms with Crippen molar-refractivity contribution in [2.45, 2.75) is 6.04 Å². The maximum absolute atomic E-state index is 12.7. The highest BCUT2D eigenvalue weighted by Gasteiger charge is 2.29. The minimum absolute atomic E-state index is 0. The molecule has 3 rings (SSSR count). The van der Waals surface area contributed by atoms with Crippen LogP contribution in [0.4, 0.5) is 0 Å². The van der Waals surface area contributed by atoms with E-state index in [-0.39, 0.29) is 36.8 Å². The second-order valence-corrected chi connectivity index (χ2v) is 5.39. The van der Waals surface area contributed by atoms with E-state index in [4.69, 9.17) is 11.6 Å². The molecule has 2 aromatic rings. The average molecular weight is 375 g/mol. The Balaban J connectivity index is 0.00000132. The van der Waals surface area contributed by atoms with E-state index >= 15 is 0 Å². The number of carbonyl (C=O) groups excluding carboxylic acids is 1. The molecule has 0 radical (unpaired) electrons. The monoisotopic (exact) mass is 373 g/mol. The molecule has 7 heteroatoms. The Morgan fingerprint density at radius 2 is 2.00 bits per heavy atom. The minimum atomic E-state index is -0.0554. The first kappa shape index (κ1) is 19.7. The molecule has 124 valence electrons. The summed E-state index contributed by atoms with van der Waals surface area (Å²) in [5, 5.41) is 4.02. The van der Waals surface area contributed by atoms with Crippen molar-refractivity contribution in [3.05, 3.63) is 64.9 Å². The zero-order valence-corrected chi connectivity index (χ0v) is 14.7. The molecule has 1 aromatic carbocycles. The predicted octanol–water partition coefficient (Wildman–Crippen LogP) is 3.37. The van der Waals surface area contributed by atoms with Crippen LogP contribution in [0.5, 0.6) is 0 Å². The van der Waals surface area contributed by atoms with Crippen LogP contribution >= 0.6 is 36.4 Å². The van der Waals surface area contributed by atoms with Gasteiger partial charge in [-0.3, -0.25) is 9.78 Å². The lowest BCUT2D eigenvalue weighted by molar-refractivity contribution is 0.0634. The van der Waals surface area contributed by atoms with Crippen molar-refractivity contribution in [2.24, 2.45) is 0 Å². The highest BCUT2D eigenvalue weighted by atomic mass is 35.5. The third-order valence-electron chi connectivity index (χ3n) is 3.68. The standard InChI is InChI=1S/C16H16ClN3O.2ClH/c17-14-6-2-1-5-13(14)15-11-19-8-9-20(15)16(21)12-4-3-7-18-10-12;;/h1-7,10,15,19H,8-9,11H2;2*1H. The maximum Gasteiger partial charge on any atom is 0.256 e. The van der Waals surface area contributed by atoms with Crippen LogP contribution in [0, 0.1) is 0 Å². The minimum Gasteiger partial charge on any atom is -0.329 e. The van der Waals surface area contributed by atoms with Crippen LogP contribution in [-0.2, 0) is 0 Å². The summed E-state index contributed by atoms with van der Waals surface area (Å²) in [4.78, 5) is 18.6. The van der Waals surface area contributed by atoms with Gasteiger partial charge in [-0.05, 0) is 23.8 Å². The summed E-state index contributed by atoms with van der Waals surface area (Å²) in [5.74, 6) is -0.00507. The van der Waals surface area contributed by atoms with Crippen molar-refractivity contribution >= 4 is 42.3 Å². The van der Waals surface area contributed by atoms with Crippen molar-refractivity contribution in [1.29, 1.82) is 0 Å². The molecule has 0 saturated carbocycles. The van der Waals surface area contributed by atoms with Crippen LogP contribution in [0.2, 0.25) is 5.02 Å². The Hall–Kier alpha value is -1.33. The van der Waals surface area contributed by atoms with Crippen LogP contribution in [0.1, 0.15) is 22.0 Å². The number of pyridine rings is 1. The molecule has 1 aliphatic heterocycles. The van der Waals surface area contributed by atoms with E-state index in [9.17, 15) is 4.79 Å². The quantitative estimate of drug-likeness (QED) is 0.876. The molecule has 0 aliphatic carbocycles. The van der Waals surface area contributed by atoms with Crippen LogP contribution in [-0.4, -0.2) is 35.4 Å². The van der Waals surface area contributed by atoms with Gasteiger partial charge in [-0.25, -0.2) is 0 Å². The lowest BCUT2D eigenvalue weighted by atomic mass is 10.0. The van der Waals surface area contributed by atoms with Gasteiger partial charge in [0.1, 0.15) is 0 Å². The van der Waals surface area contributed by atoms with Crippen molar-refractivity contribution in [1.82, 2.24) is 15.2 Å². The Kier molecular flexibility index (Phi) is 7.79. The fourth-order valence-corrected chi connectivity index (χ4v) is 2.89. The Morgan fingerprint density at radius 3 is 2.70 bits per heavy atom. The summed E-state index contributed by atoms with van der Waals surface area (Å²) in [6.45, 7) is 2.15. The molecule has 1 N–H and O–H groups in total. The van der Waals surface area contributed by atoms with E-state index in [1.165, 1.54) is 0 Å². The van der Waals surface area contributed by atoms with E-state index in [2.05, 4.69) is 10.3 Å². The molecular formula is C16H18Cl3N3O. The largest absolute Gasteiger partial charge is 0.329 e. The number of amides is 1. The zero-order valence-electron chi connectivity index (χ0n) is 12.3. The lowest BCUT2D eigenvalue weighted by Crippen LogP contribution is -2.48. The number of benzene rings is 1. The average Bonchev–Trinajstić information content (AvgIpc) is 2.55. The first-order chi connectivity index (χ1) is 10.3. The Morgan fingerprint density at radius 1 is 1.22 bits per heavy atom. The molecule has 1 aliphatic rings. The third kappa shape index (κ3) is 4.36. The summed E-state index contributed by atoms with van der Waals surface area (Å²) in [7, 11) is 0. The molecule has 1 amide bonds. The predicted molar refractivity (Wildman–Crippen MR) is 96.8 cm³/mol. The number of nitrogens with zero attached hydrogens (tertiary/aromatic N) is 2. The molecule has 4 nitrogen and oxygen atoms in total. The van der Waals surface area contributed by atoms with Gasteiger partial charge < -0.3 is 10.2 Å². The lowest BCUT2D eigenvalue weighted by Gasteiger charge is -2.37. The van der Waals surface area contributed by atoms with Gasteiger partial charge >= 0.3 is 0 Å². The van der Waals surface area contributed by atoms with Gasteiger partial charge in [-0.15, -0.1) is 24.8 Å². The Bertz CT molecular complexity index is 639. The van der Waals surface area contributed by atoms with Crippen LogP contribution < -0.4 is 5.32 Å². The van der Waals surface area contributed by atoms with Gasteiger partial charge in [0.15, 0.2) is 0 Å². The Labute approximate surface area is 153 Å². The first-order valence-corrected chi connectivity index (χ1v) is 7.31. The molecule has 0 spiro atoms. The van der Waals surface area contributed by atoms with E-state index in [1.54, 1.807) is 24.5 Å². The smallest absolute Gasteiger partial charge is 0.256 e. The molecule has 1 unspecified atom stereocenters. The van der Waals surface area contributed by atoms with Crippen LogP contribution in [0.25, 0.3) is 0 Å². The van der Waals surface area contributed by atoms with E-state index in [0.29, 0.717) is 23.7 Å². The molecule has 2 heterocycles. The third-order valence-corrected chi connectivity index (χ3v) is 4.02. The fourth-order valence-electron chi connectivity index (χ4n) is 2.63. The van der Waals surface area contributed by atoms with Crippen molar-refractivity contribution < 1.29 is 4.79 Å². The van der Waals surface area contributed by atoms with Crippen molar-refractivity contribution in [3.63, 3.8) is 0 Å². The molecular weight excluding hydrogens is 357 g/mol. The van der Waals surface area contributed by atoms with E-state index in [1.807, 2.05) is 29.2 Å². The molecule has 1 fully saturated rings. The van der Waals surface area contributed by atoms with E-state index in [0.717, 1.165) is 12.1 Å². The van der Waals surface area contributed by atoms with Crippen molar-refractivity contribution in [2.75, 3.05) is 19.6 Å². The van der Waals surface area contributed by atoms with Crippen LogP contribution in [0.3, 0.4) is 0 Å². The number of hydrogen-bond donors (Lipinski definition) is 1. The highest BCUT2D eigenvalue weighted by molar-refractivity contribution is 6.31. The second-order valence-electron chi connectivity index (χ2n) is 4.98. The summed E-state index contributed by atoms with van der Waals surface area (Å²) in [6, 6.07) is 11.2. The maximum atomic E-state index is 12.7.